The van der Waals surface area contributed by atoms with Gasteiger partial charge in [-0.05, 0) is 23.8 Å². The van der Waals surface area contributed by atoms with Crippen molar-refractivity contribution in [1.82, 2.24) is 20.2 Å². The number of aromatic nitrogens is 4. The molecule has 0 aliphatic carbocycles. The highest BCUT2D eigenvalue weighted by atomic mass is 32.2. The van der Waals surface area contributed by atoms with Gasteiger partial charge >= 0.3 is 12.3 Å². The van der Waals surface area contributed by atoms with E-state index in [1.54, 1.807) is 31.2 Å². The molecule has 1 fully saturated rings. The van der Waals surface area contributed by atoms with E-state index >= 15 is 0 Å². The minimum atomic E-state index is -4.27. The second-order valence-corrected chi connectivity index (χ2v) is 11.3. The molecular weight excluding hydrogens is 602 g/mol. The maximum atomic E-state index is 14.8. The van der Waals surface area contributed by atoms with Crippen LogP contribution in [0.3, 0.4) is 0 Å². The summed E-state index contributed by atoms with van der Waals surface area (Å²) in [6.45, 7) is 0.792. The number of aromatic amines is 1. The maximum Gasteiger partial charge on any atom is 0.340 e. The molecular formula is C28H28F6N4O4S. The predicted molar refractivity (Wildman–Crippen MR) is 146 cm³/mol. The van der Waals surface area contributed by atoms with Crippen molar-refractivity contribution in [2.24, 2.45) is 0 Å². The van der Waals surface area contributed by atoms with Crippen LogP contribution in [0, 0.1) is 11.6 Å². The number of allylic oxidation sites excluding steroid dienone is 2. The highest BCUT2D eigenvalue weighted by Gasteiger charge is 2.42. The third-order valence-electron chi connectivity index (χ3n) is 6.42. The minimum Gasteiger partial charge on any atom is -0.471 e. The summed E-state index contributed by atoms with van der Waals surface area (Å²) < 4.78 is 94.8. The molecule has 0 amide bonds. The minimum absolute atomic E-state index is 0.0683. The number of rotatable bonds is 13. The zero-order chi connectivity index (χ0) is 31.0. The quantitative estimate of drug-likeness (QED) is 0.193. The number of thioether (sulfide) groups is 1. The van der Waals surface area contributed by atoms with E-state index in [-0.39, 0.29) is 36.3 Å². The molecule has 15 heteroatoms. The van der Waals surface area contributed by atoms with Crippen molar-refractivity contribution in [2.45, 2.75) is 48.1 Å². The number of hydrogen-bond donors (Lipinski definition) is 2. The Labute approximate surface area is 247 Å². The molecule has 8 nitrogen and oxygen atoms in total. The number of alkyl halides is 4. The summed E-state index contributed by atoms with van der Waals surface area (Å²) >= 11 is 1.34. The van der Waals surface area contributed by atoms with Crippen LogP contribution in [0.25, 0.3) is 6.08 Å². The number of pyridine rings is 1. The fourth-order valence-electron chi connectivity index (χ4n) is 4.09. The largest absolute Gasteiger partial charge is 0.471 e. The summed E-state index contributed by atoms with van der Waals surface area (Å²) in [5.74, 6) is -5.78. The molecule has 1 aliphatic heterocycles. The van der Waals surface area contributed by atoms with Crippen molar-refractivity contribution >= 4 is 17.8 Å². The van der Waals surface area contributed by atoms with Crippen molar-refractivity contribution in [2.75, 3.05) is 19.8 Å². The summed E-state index contributed by atoms with van der Waals surface area (Å²) in [6.07, 6.45) is 4.69. The van der Waals surface area contributed by atoms with E-state index in [9.17, 15) is 31.4 Å². The zero-order valence-electron chi connectivity index (χ0n) is 22.7. The van der Waals surface area contributed by atoms with Crippen molar-refractivity contribution in [3.8, 4) is 5.88 Å². The van der Waals surface area contributed by atoms with E-state index in [0.29, 0.717) is 11.4 Å². The number of nitrogens with zero attached hydrogens (tertiary/aromatic N) is 3. The Morgan fingerprint density at radius 3 is 2.53 bits per heavy atom. The molecule has 4 rings (SSSR count). The monoisotopic (exact) mass is 630 g/mol. The molecule has 232 valence electrons. The van der Waals surface area contributed by atoms with Gasteiger partial charge in [-0.2, -0.15) is 13.9 Å². The highest BCUT2D eigenvalue weighted by molar-refractivity contribution is 8.00. The molecule has 2 aromatic heterocycles. The molecule has 43 heavy (non-hydrogen) atoms. The Morgan fingerprint density at radius 2 is 1.91 bits per heavy atom. The van der Waals surface area contributed by atoms with Crippen LogP contribution in [0.5, 0.6) is 5.88 Å². The molecule has 1 aliphatic rings. The molecule has 3 heterocycles. The van der Waals surface area contributed by atoms with Crippen molar-refractivity contribution < 1.29 is 45.7 Å². The first-order valence-electron chi connectivity index (χ1n) is 13.0. The first-order valence-corrected chi connectivity index (χ1v) is 13.9. The van der Waals surface area contributed by atoms with Crippen LogP contribution in [-0.4, -0.2) is 74.2 Å². The topological polar surface area (TPSA) is 102 Å². The van der Waals surface area contributed by atoms with Crippen LogP contribution in [0.1, 0.15) is 23.9 Å². The molecule has 1 saturated heterocycles. The number of nitrogens with one attached hydrogen (secondary N) is 1. The molecule has 3 aromatic rings. The van der Waals surface area contributed by atoms with Gasteiger partial charge in [-0.3, -0.25) is 5.10 Å². The molecule has 0 bridgehead atoms. The lowest BCUT2D eigenvalue weighted by molar-refractivity contribution is -0.148. The first-order chi connectivity index (χ1) is 20.5. The standard InChI is InChI=1S/C28H28F6N4O4S/c1-17(27(39,11-23-36-16-37-38-23)21-8-7-19(29)10-22(21)30)43-20-13-40-25(41-14-20)5-3-2-4-18-6-9-24(35-12-18)42-15-28(33,34)26(31)32/h2-10,12,16-17,20,25-26,39H,11,13-15H2,1H3,(H,36,37,38)/t17-,20-,25-,27+/m1/s1. The lowest BCUT2D eigenvalue weighted by Gasteiger charge is -2.37. The third kappa shape index (κ3) is 8.81. The smallest absolute Gasteiger partial charge is 0.340 e. The zero-order valence-corrected chi connectivity index (χ0v) is 23.5. The molecule has 2 atom stereocenters. The summed E-state index contributed by atoms with van der Waals surface area (Å²) in [5, 5.41) is 17.3. The number of aliphatic hydroxyl groups is 1. The van der Waals surface area contributed by atoms with Gasteiger partial charge < -0.3 is 19.3 Å². The lowest BCUT2D eigenvalue weighted by Crippen LogP contribution is -2.42. The summed E-state index contributed by atoms with van der Waals surface area (Å²) in [5.41, 5.74) is -1.22. The summed E-state index contributed by atoms with van der Waals surface area (Å²) in [6, 6.07) is 5.83. The Hall–Kier alpha value is -3.40. The van der Waals surface area contributed by atoms with Crippen LogP contribution < -0.4 is 4.74 Å². The van der Waals surface area contributed by atoms with Gasteiger partial charge in [-0.15, -0.1) is 11.8 Å². The Kier molecular flexibility index (Phi) is 10.9. The van der Waals surface area contributed by atoms with E-state index in [0.717, 1.165) is 12.1 Å². The van der Waals surface area contributed by atoms with Crippen molar-refractivity contribution in [3.63, 3.8) is 0 Å². The van der Waals surface area contributed by atoms with Crippen LogP contribution in [0.4, 0.5) is 26.3 Å². The van der Waals surface area contributed by atoms with E-state index in [1.807, 2.05) is 0 Å². The number of ether oxygens (including phenoxy) is 3. The second kappa shape index (κ2) is 14.4. The second-order valence-electron chi connectivity index (χ2n) is 9.62. The molecule has 0 saturated carbocycles. The summed E-state index contributed by atoms with van der Waals surface area (Å²) in [7, 11) is 0. The Balaban J connectivity index is 1.28. The van der Waals surface area contributed by atoms with Crippen LogP contribution in [0.15, 0.2) is 61.1 Å². The van der Waals surface area contributed by atoms with Crippen molar-refractivity contribution in [3.05, 3.63) is 89.7 Å². The van der Waals surface area contributed by atoms with Gasteiger partial charge in [0.05, 0.1) is 18.5 Å². The Morgan fingerprint density at radius 1 is 1.14 bits per heavy atom. The van der Waals surface area contributed by atoms with Gasteiger partial charge in [0.1, 0.15) is 29.4 Å². The number of halogens is 6. The Bertz CT molecular complexity index is 1370. The van der Waals surface area contributed by atoms with Gasteiger partial charge in [-0.25, -0.2) is 27.5 Å². The van der Waals surface area contributed by atoms with E-state index in [1.165, 1.54) is 42.5 Å². The van der Waals surface area contributed by atoms with E-state index < -0.39 is 47.7 Å². The van der Waals surface area contributed by atoms with Gasteiger partial charge in [0.25, 0.3) is 0 Å². The molecule has 0 radical (unpaired) electrons. The maximum absolute atomic E-state index is 14.8. The molecule has 1 aromatic carbocycles. The highest BCUT2D eigenvalue weighted by Crippen LogP contribution is 2.39. The summed E-state index contributed by atoms with van der Waals surface area (Å²) in [4.78, 5) is 7.86. The molecule has 0 unspecified atom stereocenters. The van der Waals surface area contributed by atoms with Crippen LogP contribution in [0.2, 0.25) is 0 Å². The van der Waals surface area contributed by atoms with Crippen LogP contribution >= 0.6 is 11.8 Å². The third-order valence-corrected chi connectivity index (χ3v) is 7.88. The molecule has 2 N–H and O–H groups in total. The van der Waals surface area contributed by atoms with Crippen LogP contribution in [-0.2, 0) is 21.5 Å². The molecule has 0 spiro atoms. The van der Waals surface area contributed by atoms with Gasteiger partial charge in [0.15, 0.2) is 12.9 Å². The fourth-order valence-corrected chi connectivity index (χ4v) is 5.42. The van der Waals surface area contributed by atoms with E-state index in [2.05, 4.69) is 24.9 Å². The fraction of sp³-hybridized carbons (Fsp3) is 0.393. The van der Waals surface area contributed by atoms with Gasteiger partial charge in [0, 0.05) is 35.6 Å². The van der Waals surface area contributed by atoms with Gasteiger partial charge in [-0.1, -0.05) is 31.2 Å². The SMILES string of the molecule is C[C@@H](S[C@H]1CO[C@H](C=CC=Cc2ccc(OCC(F)(F)C(F)F)nc2)OC1)[C@@](O)(Cc1ncn[nH]1)c1ccc(F)cc1F. The number of benzene rings is 1. The number of hydrogen-bond acceptors (Lipinski definition) is 8. The van der Waals surface area contributed by atoms with Crippen molar-refractivity contribution in [1.29, 1.82) is 0 Å². The normalized spacial score (nSPS) is 20.1. The van der Waals surface area contributed by atoms with Gasteiger partial charge in [0.2, 0.25) is 5.88 Å². The average molecular weight is 631 g/mol. The number of H-pyrrole nitrogens is 1. The van der Waals surface area contributed by atoms with E-state index in [4.69, 9.17) is 9.47 Å². The first kappa shape index (κ1) is 32.5. The average Bonchev–Trinajstić information content (AvgIpc) is 3.48. The lowest BCUT2D eigenvalue weighted by atomic mass is 9.86. The predicted octanol–water partition coefficient (Wildman–Crippen LogP) is 5.32.